The van der Waals surface area contributed by atoms with Gasteiger partial charge in [0.2, 0.25) is 0 Å². The number of nitrogens with one attached hydrogen (secondary N) is 1. The van der Waals surface area contributed by atoms with E-state index < -0.39 is 0 Å². The highest BCUT2D eigenvalue weighted by Gasteiger charge is 1.92. The Hall–Kier alpha value is -2.30. The summed E-state index contributed by atoms with van der Waals surface area (Å²) in [5.74, 6) is 0. The van der Waals surface area contributed by atoms with Crippen molar-refractivity contribution in [3.63, 3.8) is 0 Å². The van der Waals surface area contributed by atoms with Crippen LogP contribution in [0.4, 0.5) is 0 Å². The van der Waals surface area contributed by atoms with Gasteiger partial charge in [-0.3, -0.25) is 4.98 Å². The molecule has 1 aromatic heterocycles. The first-order valence-electron chi connectivity index (χ1n) is 5.76. The van der Waals surface area contributed by atoms with E-state index >= 15 is 0 Å². The van der Waals surface area contributed by atoms with E-state index in [1.54, 1.807) is 12.2 Å². The van der Waals surface area contributed by atoms with Crippen molar-refractivity contribution in [3.05, 3.63) is 52.7 Å². The van der Waals surface area contributed by atoms with Crippen LogP contribution >= 0.6 is 0 Å². The van der Waals surface area contributed by atoms with Gasteiger partial charge in [0, 0.05) is 11.9 Å². The first-order valence-corrected chi connectivity index (χ1v) is 5.76. The first-order chi connectivity index (χ1) is 8.86. The normalized spacial score (nSPS) is 11.6. The molecule has 18 heavy (non-hydrogen) atoms. The fraction of sp³-hybridized carbons (Fsp3) is 0.231. The van der Waals surface area contributed by atoms with Crippen LogP contribution in [0.25, 0.3) is 6.08 Å². The quantitative estimate of drug-likeness (QED) is 0.347. The fourth-order valence-corrected chi connectivity index (χ4v) is 1.35. The number of aromatic nitrogens is 1. The van der Waals surface area contributed by atoms with Crippen LogP contribution in [0.3, 0.4) is 0 Å². The molecule has 0 fully saturated rings. The summed E-state index contributed by atoms with van der Waals surface area (Å²) in [6.45, 7) is 2.13. The molecule has 1 heterocycles. The van der Waals surface area contributed by atoms with Gasteiger partial charge in [-0.2, -0.15) is 10.6 Å². The zero-order chi connectivity index (χ0) is 13.1. The third-order valence-corrected chi connectivity index (χ3v) is 2.08. The molecule has 0 aliphatic rings. The molecule has 0 spiro atoms. The van der Waals surface area contributed by atoms with E-state index in [4.69, 9.17) is 0 Å². The molecule has 0 amide bonds. The summed E-state index contributed by atoms with van der Waals surface area (Å²) in [6, 6.07) is 5.99. The summed E-state index contributed by atoms with van der Waals surface area (Å²) >= 11 is 0. The molecular formula is C13H16N4O. The molecule has 0 unspecified atom stereocenters. The van der Waals surface area contributed by atoms with Gasteiger partial charge in [0.15, 0.2) is 0 Å². The van der Waals surface area contributed by atoms with Crippen molar-refractivity contribution in [2.24, 2.45) is 10.4 Å². The van der Waals surface area contributed by atoms with Crippen LogP contribution in [0.2, 0.25) is 0 Å². The van der Waals surface area contributed by atoms with Gasteiger partial charge in [-0.1, -0.05) is 31.6 Å². The lowest BCUT2D eigenvalue weighted by molar-refractivity contribution is 0.804. The lowest BCUT2D eigenvalue weighted by Crippen LogP contribution is -1.90. The Morgan fingerprint density at radius 2 is 2.22 bits per heavy atom. The molecule has 1 rings (SSSR count). The lowest BCUT2D eigenvalue weighted by Gasteiger charge is -1.98. The van der Waals surface area contributed by atoms with Crippen LogP contribution in [0.5, 0.6) is 0 Å². The van der Waals surface area contributed by atoms with E-state index in [9.17, 15) is 4.91 Å². The van der Waals surface area contributed by atoms with Crippen LogP contribution in [0.15, 0.2) is 46.8 Å². The number of hydrogen-bond acceptors (Lipinski definition) is 4. The van der Waals surface area contributed by atoms with Crippen molar-refractivity contribution >= 4 is 12.3 Å². The van der Waals surface area contributed by atoms with E-state index in [1.807, 2.05) is 35.9 Å². The third-order valence-electron chi connectivity index (χ3n) is 2.08. The van der Waals surface area contributed by atoms with Crippen LogP contribution in [-0.2, 0) is 6.42 Å². The van der Waals surface area contributed by atoms with Crippen molar-refractivity contribution in [2.75, 3.05) is 0 Å². The molecule has 0 saturated heterocycles. The zero-order valence-corrected chi connectivity index (χ0v) is 10.3. The topological polar surface area (TPSA) is 66.7 Å². The van der Waals surface area contributed by atoms with Crippen molar-refractivity contribution < 1.29 is 0 Å². The largest absolute Gasteiger partial charge is 0.253 e. The fourth-order valence-electron chi connectivity index (χ4n) is 1.35. The van der Waals surface area contributed by atoms with Gasteiger partial charge in [-0.05, 0) is 30.7 Å². The van der Waals surface area contributed by atoms with Crippen LogP contribution in [-0.4, -0.2) is 11.2 Å². The molecule has 0 atom stereocenters. The van der Waals surface area contributed by atoms with Crippen molar-refractivity contribution in [1.82, 2.24) is 10.5 Å². The van der Waals surface area contributed by atoms with Crippen LogP contribution in [0, 0.1) is 4.91 Å². The second-order valence-electron chi connectivity index (χ2n) is 3.52. The molecule has 0 aliphatic carbocycles. The van der Waals surface area contributed by atoms with Gasteiger partial charge in [0.1, 0.15) is 0 Å². The maximum absolute atomic E-state index is 9.64. The average molecular weight is 244 g/mol. The minimum atomic E-state index is 0.926. The van der Waals surface area contributed by atoms with Crippen molar-refractivity contribution in [3.8, 4) is 0 Å². The van der Waals surface area contributed by atoms with Gasteiger partial charge in [0.05, 0.1) is 11.0 Å². The zero-order valence-electron chi connectivity index (χ0n) is 10.3. The van der Waals surface area contributed by atoms with E-state index in [-0.39, 0.29) is 0 Å². The minimum absolute atomic E-state index is 0.926. The number of hydrazone groups is 1. The Kier molecular flexibility index (Phi) is 6.73. The van der Waals surface area contributed by atoms with Gasteiger partial charge >= 0.3 is 0 Å². The summed E-state index contributed by atoms with van der Waals surface area (Å²) < 4.78 is 0. The van der Waals surface area contributed by atoms with E-state index in [0.717, 1.165) is 24.2 Å². The first kappa shape index (κ1) is 13.8. The molecule has 1 N–H and O–H groups in total. The molecule has 5 nitrogen and oxygen atoms in total. The highest BCUT2D eigenvalue weighted by Crippen LogP contribution is 2.03. The van der Waals surface area contributed by atoms with Crippen LogP contribution in [0.1, 0.15) is 24.7 Å². The molecule has 0 radical (unpaired) electrons. The van der Waals surface area contributed by atoms with Gasteiger partial charge in [-0.25, -0.2) is 0 Å². The van der Waals surface area contributed by atoms with Gasteiger partial charge in [0.25, 0.3) is 0 Å². The molecule has 94 valence electrons. The molecular weight excluding hydrogens is 228 g/mol. The number of rotatable bonds is 7. The lowest BCUT2D eigenvalue weighted by atomic mass is 10.2. The number of pyridine rings is 1. The summed E-state index contributed by atoms with van der Waals surface area (Å²) in [4.78, 5) is 14.1. The van der Waals surface area contributed by atoms with E-state index in [1.165, 1.54) is 6.21 Å². The SMILES string of the molecule is CCCc1cccc(/C=C/C=C/C=N/NN=O)n1. The molecule has 1 aromatic rings. The molecule has 5 heteroatoms. The third kappa shape index (κ3) is 5.69. The predicted octanol–water partition coefficient (Wildman–Crippen LogP) is 2.86. The van der Waals surface area contributed by atoms with E-state index in [2.05, 4.69) is 22.3 Å². The molecule has 0 saturated carbocycles. The Bertz CT molecular complexity index is 452. The molecule has 0 aromatic carbocycles. The second kappa shape index (κ2) is 8.81. The van der Waals surface area contributed by atoms with Crippen molar-refractivity contribution in [2.45, 2.75) is 19.8 Å². The molecule has 0 bridgehead atoms. The maximum atomic E-state index is 9.64. The Balaban J connectivity index is 2.50. The van der Waals surface area contributed by atoms with Crippen LogP contribution < -0.4 is 5.53 Å². The second-order valence-corrected chi connectivity index (χ2v) is 3.52. The minimum Gasteiger partial charge on any atom is -0.253 e. The Morgan fingerprint density at radius 3 is 3.00 bits per heavy atom. The Labute approximate surface area is 106 Å². The maximum Gasteiger partial charge on any atom is 0.0722 e. The van der Waals surface area contributed by atoms with Gasteiger partial charge < -0.3 is 0 Å². The highest BCUT2D eigenvalue weighted by molar-refractivity contribution is 5.71. The van der Waals surface area contributed by atoms with Gasteiger partial charge in [-0.15, -0.1) is 4.91 Å². The standard InChI is InChI=1S/C13H16N4O/c1-2-7-12-9-6-10-13(15-12)8-4-3-5-11-14-16-17-18/h3-6,8-11H,2,7H2,1H3,(H,16,18)/b5-3+,8-4+,14-11+. The smallest absolute Gasteiger partial charge is 0.0722 e. The number of hydrogen-bond donors (Lipinski definition) is 1. The summed E-state index contributed by atoms with van der Waals surface area (Å²) in [5.41, 5.74) is 3.96. The summed E-state index contributed by atoms with van der Waals surface area (Å²) in [6.07, 6.45) is 10.8. The number of nitroso groups, excluding NO2 is 1. The molecule has 0 aliphatic heterocycles. The average Bonchev–Trinajstić information content (AvgIpc) is 2.39. The van der Waals surface area contributed by atoms with Crippen molar-refractivity contribution in [1.29, 1.82) is 0 Å². The van der Waals surface area contributed by atoms with E-state index in [0.29, 0.717) is 0 Å². The summed E-state index contributed by atoms with van der Waals surface area (Å²) in [7, 11) is 0. The Morgan fingerprint density at radius 1 is 1.33 bits per heavy atom. The number of allylic oxidation sites excluding steroid dienone is 3. The number of nitrogens with zero attached hydrogens (tertiary/aromatic N) is 3. The number of aryl methyl sites for hydroxylation is 1. The predicted molar refractivity (Wildman–Crippen MR) is 73.8 cm³/mol. The highest BCUT2D eigenvalue weighted by atomic mass is 16.3. The monoisotopic (exact) mass is 244 g/mol. The summed E-state index contributed by atoms with van der Waals surface area (Å²) in [5, 5.41) is 5.85.